The topological polar surface area (TPSA) is 54.9 Å². The molecular weight excluding hydrogens is 332 g/mol. The molecule has 1 N–H and O–H groups in total. The van der Waals surface area contributed by atoms with Gasteiger partial charge in [-0.25, -0.2) is 13.8 Å². The van der Waals surface area contributed by atoms with Crippen molar-refractivity contribution < 1.29 is 13.6 Å². The lowest BCUT2D eigenvalue weighted by molar-refractivity contribution is -0.116. The first-order chi connectivity index (χ1) is 11.6. The first kappa shape index (κ1) is 16.2. The summed E-state index contributed by atoms with van der Waals surface area (Å²) in [6.45, 7) is 0. The zero-order valence-corrected chi connectivity index (χ0v) is 13.3. The van der Waals surface area contributed by atoms with Crippen LogP contribution in [0.4, 0.5) is 14.5 Å². The fourth-order valence-corrected chi connectivity index (χ4v) is 2.90. The number of thiazole rings is 1. The highest BCUT2D eigenvalue weighted by atomic mass is 32.1. The molecule has 122 valence electrons. The number of aromatic nitrogens is 2. The van der Waals surface area contributed by atoms with E-state index < -0.39 is 11.6 Å². The Kier molecular flexibility index (Phi) is 4.90. The van der Waals surface area contributed by atoms with Gasteiger partial charge >= 0.3 is 0 Å². The molecule has 24 heavy (non-hydrogen) atoms. The fraction of sp³-hybridized carbons (Fsp3) is 0.118. The summed E-state index contributed by atoms with van der Waals surface area (Å²) in [6, 6.07) is 8.61. The van der Waals surface area contributed by atoms with E-state index in [9.17, 15) is 13.6 Å². The first-order valence-corrected chi connectivity index (χ1v) is 8.10. The van der Waals surface area contributed by atoms with Crippen molar-refractivity contribution in [3.05, 3.63) is 65.3 Å². The molecule has 0 spiro atoms. The Morgan fingerprint density at radius 3 is 2.83 bits per heavy atom. The van der Waals surface area contributed by atoms with E-state index in [1.54, 1.807) is 6.20 Å². The summed E-state index contributed by atoms with van der Waals surface area (Å²) in [6.07, 6.45) is 2.28. The molecule has 3 aromatic rings. The monoisotopic (exact) mass is 345 g/mol. The Bertz CT molecular complexity index is 852. The number of nitrogens with one attached hydrogen (secondary N) is 1. The van der Waals surface area contributed by atoms with Crippen molar-refractivity contribution in [2.75, 3.05) is 5.32 Å². The summed E-state index contributed by atoms with van der Waals surface area (Å²) < 4.78 is 26.3. The van der Waals surface area contributed by atoms with Crippen LogP contribution < -0.4 is 5.32 Å². The number of nitrogens with zero attached hydrogens (tertiary/aromatic N) is 2. The third-order valence-corrected chi connectivity index (χ3v) is 4.16. The minimum atomic E-state index is -0.797. The van der Waals surface area contributed by atoms with Crippen molar-refractivity contribution >= 4 is 22.9 Å². The van der Waals surface area contributed by atoms with Crippen molar-refractivity contribution in [3.8, 4) is 10.7 Å². The lowest BCUT2D eigenvalue weighted by atomic mass is 10.2. The molecule has 3 rings (SSSR count). The number of aryl methyl sites for hydroxylation is 1. The second-order valence-corrected chi connectivity index (χ2v) is 5.89. The van der Waals surface area contributed by atoms with Gasteiger partial charge in [-0.05, 0) is 30.7 Å². The summed E-state index contributed by atoms with van der Waals surface area (Å²) in [5.74, 6) is -1.84. The molecule has 1 amide bonds. The zero-order valence-electron chi connectivity index (χ0n) is 12.5. The third-order valence-electron chi connectivity index (χ3n) is 3.25. The Morgan fingerprint density at radius 1 is 1.21 bits per heavy atom. The number of hydrogen-bond acceptors (Lipinski definition) is 4. The van der Waals surface area contributed by atoms with Gasteiger partial charge in [-0.3, -0.25) is 9.78 Å². The number of anilines is 1. The highest BCUT2D eigenvalue weighted by Crippen LogP contribution is 2.22. The summed E-state index contributed by atoms with van der Waals surface area (Å²) >= 11 is 1.46. The molecule has 2 heterocycles. The van der Waals surface area contributed by atoms with Crippen LogP contribution in [0.5, 0.6) is 0 Å². The highest BCUT2D eigenvalue weighted by Gasteiger charge is 2.10. The molecule has 0 atom stereocenters. The van der Waals surface area contributed by atoms with Gasteiger partial charge in [0.25, 0.3) is 0 Å². The maximum atomic E-state index is 13.5. The highest BCUT2D eigenvalue weighted by molar-refractivity contribution is 7.13. The number of halogens is 2. The van der Waals surface area contributed by atoms with Gasteiger partial charge in [-0.1, -0.05) is 6.07 Å². The van der Waals surface area contributed by atoms with E-state index >= 15 is 0 Å². The van der Waals surface area contributed by atoms with E-state index in [-0.39, 0.29) is 18.0 Å². The molecule has 4 nitrogen and oxygen atoms in total. The molecule has 0 radical (unpaired) electrons. The minimum absolute atomic E-state index is 0.0335. The molecule has 1 aromatic carbocycles. The van der Waals surface area contributed by atoms with Crippen LogP contribution in [0, 0.1) is 11.6 Å². The molecule has 0 fully saturated rings. The number of carbonyl (C=O) groups excluding carboxylic acids is 1. The zero-order chi connectivity index (χ0) is 16.9. The summed E-state index contributed by atoms with van der Waals surface area (Å²) in [7, 11) is 0. The van der Waals surface area contributed by atoms with Gasteiger partial charge in [-0.15, -0.1) is 11.3 Å². The van der Waals surface area contributed by atoms with Crippen LogP contribution in [0.1, 0.15) is 12.1 Å². The van der Waals surface area contributed by atoms with Crippen LogP contribution in [0.2, 0.25) is 0 Å². The molecule has 0 unspecified atom stereocenters. The molecule has 0 saturated carbocycles. The molecule has 0 saturated heterocycles. The molecule has 2 aromatic heterocycles. The van der Waals surface area contributed by atoms with E-state index in [0.717, 1.165) is 28.5 Å². The summed E-state index contributed by atoms with van der Waals surface area (Å²) in [4.78, 5) is 20.6. The number of benzene rings is 1. The predicted molar refractivity (Wildman–Crippen MR) is 88.7 cm³/mol. The Balaban J connectivity index is 1.58. The van der Waals surface area contributed by atoms with Gasteiger partial charge in [0.05, 0.1) is 17.1 Å². The van der Waals surface area contributed by atoms with Crippen LogP contribution in [-0.4, -0.2) is 15.9 Å². The van der Waals surface area contributed by atoms with Gasteiger partial charge in [0.1, 0.15) is 16.6 Å². The van der Waals surface area contributed by atoms with E-state index in [2.05, 4.69) is 15.3 Å². The maximum Gasteiger partial charge on any atom is 0.224 e. The minimum Gasteiger partial charge on any atom is -0.324 e. The van der Waals surface area contributed by atoms with Crippen molar-refractivity contribution in [2.45, 2.75) is 12.8 Å². The van der Waals surface area contributed by atoms with Crippen LogP contribution in [0.3, 0.4) is 0 Å². The largest absolute Gasteiger partial charge is 0.324 e. The maximum absolute atomic E-state index is 13.5. The Labute approximate surface area is 141 Å². The third kappa shape index (κ3) is 3.99. The van der Waals surface area contributed by atoms with Gasteiger partial charge in [0, 0.05) is 24.1 Å². The Morgan fingerprint density at radius 2 is 2.08 bits per heavy atom. The molecule has 0 aliphatic rings. The average Bonchev–Trinajstić information content (AvgIpc) is 3.05. The van der Waals surface area contributed by atoms with Crippen LogP contribution in [0.25, 0.3) is 10.7 Å². The summed E-state index contributed by atoms with van der Waals surface area (Å²) in [5, 5.41) is 5.09. The molecular formula is C17H13F2N3OS. The summed E-state index contributed by atoms with van der Waals surface area (Å²) in [5.41, 5.74) is 1.52. The lowest BCUT2D eigenvalue weighted by Crippen LogP contribution is -2.13. The van der Waals surface area contributed by atoms with Crippen molar-refractivity contribution in [2.24, 2.45) is 0 Å². The van der Waals surface area contributed by atoms with Crippen LogP contribution >= 0.6 is 11.3 Å². The van der Waals surface area contributed by atoms with Gasteiger partial charge in [0.2, 0.25) is 5.91 Å². The van der Waals surface area contributed by atoms with E-state index in [0.29, 0.717) is 6.42 Å². The average molecular weight is 345 g/mol. The number of amides is 1. The van der Waals surface area contributed by atoms with Crippen molar-refractivity contribution in [1.29, 1.82) is 0 Å². The quantitative estimate of drug-likeness (QED) is 0.759. The molecule has 0 bridgehead atoms. The molecule has 0 aliphatic heterocycles. The molecule has 0 aliphatic carbocycles. The Hall–Kier alpha value is -2.67. The fourth-order valence-electron chi connectivity index (χ4n) is 2.07. The number of hydrogen-bond donors (Lipinski definition) is 1. The van der Waals surface area contributed by atoms with Gasteiger partial charge in [-0.2, -0.15) is 0 Å². The first-order valence-electron chi connectivity index (χ1n) is 7.22. The van der Waals surface area contributed by atoms with Gasteiger partial charge < -0.3 is 5.32 Å². The van der Waals surface area contributed by atoms with E-state index in [1.807, 2.05) is 23.6 Å². The second-order valence-electron chi connectivity index (χ2n) is 5.03. The van der Waals surface area contributed by atoms with E-state index in [4.69, 9.17) is 0 Å². The second kappa shape index (κ2) is 7.27. The number of rotatable bonds is 5. The SMILES string of the molecule is O=C(CCc1csc(-c2ccccn2)n1)Nc1ccc(F)cc1F. The number of pyridine rings is 1. The smallest absolute Gasteiger partial charge is 0.224 e. The van der Waals surface area contributed by atoms with Crippen molar-refractivity contribution in [1.82, 2.24) is 9.97 Å². The lowest BCUT2D eigenvalue weighted by Gasteiger charge is -2.05. The van der Waals surface area contributed by atoms with Crippen LogP contribution in [0.15, 0.2) is 48.0 Å². The standard InChI is InChI=1S/C17H13F2N3OS/c18-11-4-6-14(13(19)9-11)22-16(23)7-5-12-10-24-17(21-12)15-3-1-2-8-20-15/h1-4,6,8-10H,5,7H2,(H,22,23). The molecule has 7 heteroatoms. The normalized spacial score (nSPS) is 10.6. The van der Waals surface area contributed by atoms with E-state index in [1.165, 1.54) is 17.4 Å². The predicted octanol–water partition coefficient (Wildman–Crippen LogP) is 4.05. The van der Waals surface area contributed by atoms with Gasteiger partial charge in [0.15, 0.2) is 0 Å². The van der Waals surface area contributed by atoms with Crippen molar-refractivity contribution in [3.63, 3.8) is 0 Å². The van der Waals surface area contributed by atoms with Crippen LogP contribution in [-0.2, 0) is 11.2 Å². The number of carbonyl (C=O) groups is 1.